The Morgan fingerprint density at radius 1 is 0.972 bits per heavy atom. The third-order valence-corrected chi connectivity index (χ3v) is 7.21. The van der Waals surface area contributed by atoms with Gasteiger partial charge < -0.3 is 20.1 Å². The van der Waals surface area contributed by atoms with Gasteiger partial charge in [-0.15, -0.1) is 0 Å². The fourth-order valence-corrected chi connectivity index (χ4v) is 5.18. The lowest BCUT2D eigenvalue weighted by atomic mass is 10.0. The van der Waals surface area contributed by atoms with Crippen LogP contribution in [-0.4, -0.2) is 18.5 Å². The molecule has 36 heavy (non-hydrogen) atoms. The molecular weight excluding hydrogens is 515 g/mol. The Balaban J connectivity index is 1.44. The molecule has 0 aromatic heterocycles. The van der Waals surface area contributed by atoms with Crippen LogP contribution >= 0.6 is 35.0 Å². The Morgan fingerprint density at radius 3 is 2.53 bits per heavy atom. The number of carbonyl (C=O) groups is 1. The molecule has 1 aliphatic heterocycles. The Labute approximate surface area is 223 Å². The largest absolute Gasteiger partial charge is 0.495 e. The lowest BCUT2D eigenvalue weighted by molar-refractivity contribution is -0.116. The van der Waals surface area contributed by atoms with E-state index in [4.69, 9.17) is 32.7 Å². The first-order chi connectivity index (χ1) is 17.5. The van der Waals surface area contributed by atoms with E-state index in [0.717, 1.165) is 21.9 Å². The van der Waals surface area contributed by atoms with E-state index in [9.17, 15) is 4.79 Å². The molecule has 1 aliphatic rings. The first kappa shape index (κ1) is 24.4. The van der Waals surface area contributed by atoms with E-state index < -0.39 is 0 Å². The summed E-state index contributed by atoms with van der Waals surface area (Å²) in [6.07, 6.45) is 1.89. The number of carbonyl (C=O) groups excluding carboxylic acids is 1. The molecule has 2 N–H and O–H groups in total. The molecule has 4 aromatic rings. The van der Waals surface area contributed by atoms with Crippen LogP contribution in [0.15, 0.2) is 83.8 Å². The number of amides is 1. The Bertz CT molecular complexity index is 1460. The summed E-state index contributed by atoms with van der Waals surface area (Å²) in [5.74, 6) is 1.16. The van der Waals surface area contributed by atoms with E-state index in [1.807, 2.05) is 66.7 Å². The standard InChI is InChI=1S/C28H22Cl2N2O3S/c1-34-25-13-11-20(30)14-23(25)31-28-32-27(33)26(36-28)15-22-21-5-3-2-4-18(21)8-12-24(22)35-16-17-6-9-19(29)10-7-17/h2-15,28,31H,16H2,1H3,(H,32,33)/b26-15-. The van der Waals surface area contributed by atoms with Gasteiger partial charge >= 0.3 is 0 Å². The second kappa shape index (κ2) is 10.7. The summed E-state index contributed by atoms with van der Waals surface area (Å²) in [4.78, 5) is 13.5. The fourth-order valence-electron chi connectivity index (χ4n) is 3.92. The Hall–Kier alpha value is -3.32. The zero-order valence-electron chi connectivity index (χ0n) is 19.3. The summed E-state index contributed by atoms with van der Waals surface area (Å²) in [7, 11) is 1.59. The van der Waals surface area contributed by atoms with Crippen molar-refractivity contribution in [1.29, 1.82) is 0 Å². The van der Waals surface area contributed by atoms with Gasteiger partial charge in [-0.1, -0.05) is 77.4 Å². The van der Waals surface area contributed by atoms with Crippen molar-refractivity contribution in [1.82, 2.24) is 5.32 Å². The number of anilines is 1. The van der Waals surface area contributed by atoms with Crippen LogP contribution in [0.2, 0.25) is 10.0 Å². The molecule has 5 nitrogen and oxygen atoms in total. The maximum absolute atomic E-state index is 12.9. The van der Waals surface area contributed by atoms with Crippen LogP contribution in [0.3, 0.4) is 0 Å². The van der Waals surface area contributed by atoms with Gasteiger partial charge in [0.15, 0.2) is 5.50 Å². The van der Waals surface area contributed by atoms with Crippen molar-refractivity contribution in [3.8, 4) is 11.5 Å². The third kappa shape index (κ3) is 5.41. The van der Waals surface area contributed by atoms with Crippen LogP contribution in [-0.2, 0) is 11.4 Å². The lowest BCUT2D eigenvalue weighted by Gasteiger charge is -2.16. The number of halogens is 2. The highest BCUT2D eigenvalue weighted by Crippen LogP contribution is 2.37. The number of rotatable bonds is 7. The molecule has 1 amide bonds. The SMILES string of the molecule is COc1ccc(Cl)cc1NC1NC(=O)/C(=C/c2c(OCc3ccc(Cl)cc3)ccc3ccccc23)S1. The normalized spacial score (nSPS) is 16.2. The summed E-state index contributed by atoms with van der Waals surface area (Å²) in [5.41, 5.74) is 2.16. The van der Waals surface area contributed by atoms with Crippen molar-refractivity contribution in [3.63, 3.8) is 0 Å². The average Bonchev–Trinajstić information content (AvgIpc) is 3.23. The van der Waals surface area contributed by atoms with Crippen molar-refractivity contribution in [2.24, 2.45) is 0 Å². The first-order valence-corrected chi connectivity index (χ1v) is 12.8. The molecule has 0 bridgehead atoms. The predicted octanol–water partition coefficient (Wildman–Crippen LogP) is 7.33. The van der Waals surface area contributed by atoms with Crippen LogP contribution in [0.1, 0.15) is 11.1 Å². The number of thioether (sulfide) groups is 1. The van der Waals surface area contributed by atoms with Crippen molar-refractivity contribution in [2.45, 2.75) is 12.1 Å². The van der Waals surface area contributed by atoms with E-state index in [0.29, 0.717) is 38.7 Å². The van der Waals surface area contributed by atoms with Crippen LogP contribution in [0.25, 0.3) is 16.8 Å². The molecule has 0 radical (unpaired) electrons. The molecule has 1 fully saturated rings. The minimum absolute atomic E-state index is 0.171. The highest BCUT2D eigenvalue weighted by molar-refractivity contribution is 8.05. The fraction of sp³-hybridized carbons (Fsp3) is 0.107. The molecule has 8 heteroatoms. The molecule has 1 unspecified atom stereocenters. The van der Waals surface area contributed by atoms with Crippen LogP contribution in [0, 0.1) is 0 Å². The summed E-state index contributed by atoms with van der Waals surface area (Å²) in [6, 6.07) is 24.8. The zero-order valence-corrected chi connectivity index (χ0v) is 21.6. The predicted molar refractivity (Wildman–Crippen MR) is 149 cm³/mol. The van der Waals surface area contributed by atoms with Gasteiger partial charge in [-0.05, 0) is 58.8 Å². The number of hydrogen-bond donors (Lipinski definition) is 2. The summed E-state index contributed by atoms with van der Waals surface area (Å²) < 4.78 is 11.6. The van der Waals surface area contributed by atoms with E-state index in [-0.39, 0.29) is 11.4 Å². The Morgan fingerprint density at radius 2 is 1.72 bits per heavy atom. The molecule has 182 valence electrons. The number of methoxy groups -OCH3 is 1. The molecule has 1 atom stereocenters. The second-order valence-electron chi connectivity index (χ2n) is 8.08. The van der Waals surface area contributed by atoms with Gasteiger partial charge in [0.2, 0.25) is 0 Å². The van der Waals surface area contributed by atoms with E-state index in [1.165, 1.54) is 11.8 Å². The minimum atomic E-state index is -0.385. The van der Waals surface area contributed by atoms with E-state index in [1.54, 1.807) is 25.3 Å². The monoisotopic (exact) mass is 536 g/mol. The smallest absolute Gasteiger partial charge is 0.260 e. The van der Waals surface area contributed by atoms with Gasteiger partial charge in [0.1, 0.15) is 18.1 Å². The highest BCUT2D eigenvalue weighted by Gasteiger charge is 2.28. The average molecular weight is 537 g/mol. The molecule has 1 heterocycles. The zero-order chi connectivity index (χ0) is 25.1. The third-order valence-electron chi connectivity index (χ3n) is 5.69. The molecular formula is C28H22Cl2N2O3S. The van der Waals surface area contributed by atoms with E-state index in [2.05, 4.69) is 10.6 Å². The van der Waals surface area contributed by atoms with Crippen LogP contribution in [0.5, 0.6) is 11.5 Å². The van der Waals surface area contributed by atoms with Gasteiger partial charge in [-0.3, -0.25) is 4.79 Å². The van der Waals surface area contributed by atoms with Crippen molar-refractivity contribution in [2.75, 3.05) is 12.4 Å². The quantitative estimate of drug-likeness (QED) is 0.242. The molecule has 4 aromatic carbocycles. The lowest BCUT2D eigenvalue weighted by Crippen LogP contribution is -2.31. The summed E-state index contributed by atoms with van der Waals surface area (Å²) in [6.45, 7) is 0.379. The van der Waals surface area contributed by atoms with Crippen LogP contribution in [0.4, 0.5) is 5.69 Å². The molecule has 0 aliphatic carbocycles. The second-order valence-corrected chi connectivity index (χ2v) is 10.1. The highest BCUT2D eigenvalue weighted by atomic mass is 35.5. The van der Waals surface area contributed by atoms with Gasteiger partial charge in [0.05, 0.1) is 17.7 Å². The Kier molecular flexibility index (Phi) is 7.28. The van der Waals surface area contributed by atoms with Crippen molar-refractivity contribution in [3.05, 3.63) is 105 Å². The maximum atomic E-state index is 12.9. The summed E-state index contributed by atoms with van der Waals surface area (Å²) >= 11 is 13.6. The first-order valence-electron chi connectivity index (χ1n) is 11.2. The topological polar surface area (TPSA) is 59.6 Å². The number of benzene rings is 4. The van der Waals surface area contributed by atoms with Gasteiger partial charge in [0.25, 0.3) is 5.91 Å². The molecule has 1 saturated heterocycles. The van der Waals surface area contributed by atoms with E-state index >= 15 is 0 Å². The number of nitrogens with one attached hydrogen (secondary N) is 2. The molecule has 0 spiro atoms. The minimum Gasteiger partial charge on any atom is -0.495 e. The van der Waals surface area contributed by atoms with Crippen molar-refractivity contribution >= 4 is 63.4 Å². The van der Waals surface area contributed by atoms with Gasteiger partial charge in [-0.25, -0.2) is 0 Å². The molecule has 5 rings (SSSR count). The maximum Gasteiger partial charge on any atom is 0.260 e. The molecule has 0 saturated carbocycles. The summed E-state index contributed by atoms with van der Waals surface area (Å²) in [5, 5.41) is 9.57. The van der Waals surface area contributed by atoms with Crippen molar-refractivity contribution < 1.29 is 14.3 Å². The number of fused-ring (bicyclic) bond motifs is 1. The van der Waals surface area contributed by atoms with Gasteiger partial charge in [0, 0.05) is 15.6 Å². The number of hydrogen-bond acceptors (Lipinski definition) is 5. The van der Waals surface area contributed by atoms with Crippen LogP contribution < -0.4 is 20.1 Å². The van der Waals surface area contributed by atoms with Gasteiger partial charge in [-0.2, -0.15) is 0 Å². The number of ether oxygens (including phenoxy) is 2.